The van der Waals surface area contributed by atoms with Gasteiger partial charge in [-0.2, -0.15) is 0 Å². The van der Waals surface area contributed by atoms with E-state index in [0.717, 1.165) is 31.9 Å². The quantitative estimate of drug-likeness (QED) is 0.562. The van der Waals surface area contributed by atoms with Crippen LogP contribution < -0.4 is 10.6 Å². The Morgan fingerprint density at radius 1 is 1.26 bits per heavy atom. The first-order chi connectivity index (χ1) is 10.8. The van der Waals surface area contributed by atoms with Crippen LogP contribution >= 0.6 is 0 Å². The number of hydrogen-bond acceptors (Lipinski definition) is 3. The number of carbonyl (C=O) groups is 2. The predicted octanol–water partition coefficient (Wildman–Crippen LogP) is 0.277. The van der Waals surface area contributed by atoms with E-state index in [0.29, 0.717) is 12.3 Å². The predicted molar refractivity (Wildman–Crippen MR) is 92.2 cm³/mol. The Bertz CT molecular complexity index is 426. The fourth-order valence-electron chi connectivity index (χ4n) is 2.49. The molecular weight excluding hydrogens is 294 g/mol. The van der Waals surface area contributed by atoms with Crippen molar-refractivity contribution in [3.05, 3.63) is 0 Å². The third kappa shape index (κ3) is 6.88. The minimum Gasteiger partial charge on any atom is -0.359 e. The maximum Gasteiger partial charge on any atom is 0.243 e. The Kier molecular flexibility index (Phi) is 7.85. The van der Waals surface area contributed by atoms with Crippen molar-refractivity contribution in [2.45, 2.75) is 39.2 Å². The molecule has 23 heavy (non-hydrogen) atoms. The largest absolute Gasteiger partial charge is 0.359 e. The highest BCUT2D eigenvalue weighted by Gasteiger charge is 2.23. The van der Waals surface area contributed by atoms with Gasteiger partial charge in [-0.1, -0.05) is 0 Å². The van der Waals surface area contributed by atoms with Crippen molar-refractivity contribution in [2.24, 2.45) is 10.9 Å². The minimum atomic E-state index is -0.0115. The third-order valence-corrected chi connectivity index (χ3v) is 3.95. The van der Waals surface area contributed by atoms with Gasteiger partial charge in [0.25, 0.3) is 0 Å². The van der Waals surface area contributed by atoms with Crippen LogP contribution in [-0.4, -0.2) is 74.4 Å². The van der Waals surface area contributed by atoms with E-state index in [1.54, 1.807) is 26.0 Å². The van der Waals surface area contributed by atoms with Crippen LogP contribution in [0.3, 0.4) is 0 Å². The molecule has 1 saturated heterocycles. The number of likely N-dealkylation sites (N-methyl/N-ethyl adjacent to an activating group) is 1. The molecule has 0 aromatic rings. The molecule has 1 aliphatic rings. The summed E-state index contributed by atoms with van der Waals surface area (Å²) in [4.78, 5) is 31.4. The summed E-state index contributed by atoms with van der Waals surface area (Å²) in [5.41, 5.74) is 0. The average Bonchev–Trinajstić information content (AvgIpc) is 2.51. The number of guanidine groups is 1. The molecule has 0 aromatic carbocycles. The lowest BCUT2D eigenvalue weighted by atomic mass is 9.93. The van der Waals surface area contributed by atoms with Gasteiger partial charge in [0.15, 0.2) is 5.96 Å². The standard InChI is InChI=1S/C16H31N5O2/c1-12(2)19-16(18-11-15(23)20(4)5)21-8-6-13(7-9-21)10-14(22)17-3/h12-13H,6-11H2,1-5H3,(H,17,22)(H,18,19). The van der Waals surface area contributed by atoms with Gasteiger partial charge in [-0.15, -0.1) is 0 Å². The molecule has 1 aliphatic heterocycles. The Morgan fingerprint density at radius 2 is 1.87 bits per heavy atom. The first kappa shape index (κ1) is 19.3. The highest BCUT2D eigenvalue weighted by Crippen LogP contribution is 2.20. The molecule has 1 rings (SSSR count). The Morgan fingerprint density at radius 3 is 2.35 bits per heavy atom. The van der Waals surface area contributed by atoms with Gasteiger partial charge in [-0.05, 0) is 32.6 Å². The van der Waals surface area contributed by atoms with E-state index in [1.807, 2.05) is 0 Å². The monoisotopic (exact) mass is 325 g/mol. The normalized spacial score (nSPS) is 16.4. The average molecular weight is 325 g/mol. The lowest BCUT2D eigenvalue weighted by Gasteiger charge is -2.34. The molecule has 0 bridgehead atoms. The Labute approximate surface area is 139 Å². The van der Waals surface area contributed by atoms with Crippen molar-refractivity contribution in [3.63, 3.8) is 0 Å². The number of nitrogens with zero attached hydrogens (tertiary/aromatic N) is 3. The van der Waals surface area contributed by atoms with E-state index < -0.39 is 0 Å². The van der Waals surface area contributed by atoms with Crippen molar-refractivity contribution >= 4 is 17.8 Å². The van der Waals surface area contributed by atoms with Gasteiger partial charge < -0.3 is 20.4 Å². The summed E-state index contributed by atoms with van der Waals surface area (Å²) in [5, 5.41) is 6.02. The zero-order chi connectivity index (χ0) is 17.4. The smallest absolute Gasteiger partial charge is 0.243 e. The maximum atomic E-state index is 11.8. The van der Waals surface area contributed by atoms with E-state index in [-0.39, 0.29) is 24.4 Å². The van der Waals surface area contributed by atoms with E-state index >= 15 is 0 Å². The molecule has 1 heterocycles. The molecular formula is C16H31N5O2. The maximum absolute atomic E-state index is 11.8. The van der Waals surface area contributed by atoms with Gasteiger partial charge in [-0.3, -0.25) is 9.59 Å². The second kappa shape index (κ2) is 9.37. The van der Waals surface area contributed by atoms with Gasteiger partial charge in [0.1, 0.15) is 6.54 Å². The van der Waals surface area contributed by atoms with Crippen LogP contribution in [-0.2, 0) is 9.59 Å². The lowest BCUT2D eigenvalue weighted by molar-refractivity contribution is -0.127. The molecule has 0 aliphatic carbocycles. The molecule has 0 spiro atoms. The van der Waals surface area contributed by atoms with Gasteiger partial charge in [0, 0.05) is 46.7 Å². The Balaban J connectivity index is 2.61. The van der Waals surface area contributed by atoms with Crippen LogP contribution in [0.5, 0.6) is 0 Å². The molecule has 0 atom stereocenters. The molecule has 132 valence electrons. The second-order valence-corrected chi connectivity index (χ2v) is 6.53. The summed E-state index contributed by atoms with van der Waals surface area (Å²) in [6.07, 6.45) is 2.52. The van der Waals surface area contributed by atoms with Crippen LogP contribution in [0.2, 0.25) is 0 Å². The van der Waals surface area contributed by atoms with E-state index in [2.05, 4.69) is 34.4 Å². The van der Waals surface area contributed by atoms with Crippen LogP contribution in [0.25, 0.3) is 0 Å². The van der Waals surface area contributed by atoms with Crippen molar-refractivity contribution < 1.29 is 9.59 Å². The highest BCUT2D eigenvalue weighted by molar-refractivity contribution is 5.85. The van der Waals surface area contributed by atoms with Gasteiger partial charge in [0.05, 0.1) is 0 Å². The zero-order valence-electron chi connectivity index (χ0n) is 15.1. The number of carbonyl (C=O) groups excluding carboxylic acids is 2. The minimum absolute atomic E-state index is 0.0115. The Hall–Kier alpha value is -1.79. The van der Waals surface area contributed by atoms with Gasteiger partial charge >= 0.3 is 0 Å². The molecule has 2 amide bonds. The fourth-order valence-corrected chi connectivity index (χ4v) is 2.49. The number of piperidine rings is 1. The first-order valence-corrected chi connectivity index (χ1v) is 8.30. The number of rotatable bonds is 5. The van der Waals surface area contributed by atoms with E-state index in [4.69, 9.17) is 0 Å². The van der Waals surface area contributed by atoms with Crippen LogP contribution in [0.4, 0.5) is 0 Å². The molecule has 0 unspecified atom stereocenters. The molecule has 0 radical (unpaired) electrons. The van der Waals surface area contributed by atoms with Crippen molar-refractivity contribution in [2.75, 3.05) is 40.8 Å². The summed E-state index contributed by atoms with van der Waals surface area (Å²) < 4.78 is 0. The molecule has 7 heteroatoms. The third-order valence-electron chi connectivity index (χ3n) is 3.95. The molecule has 1 fully saturated rings. The number of amides is 2. The summed E-state index contributed by atoms with van der Waals surface area (Å²) in [6, 6.07) is 0.256. The van der Waals surface area contributed by atoms with E-state index in [1.165, 1.54) is 0 Å². The molecule has 2 N–H and O–H groups in total. The highest BCUT2D eigenvalue weighted by atomic mass is 16.2. The zero-order valence-corrected chi connectivity index (χ0v) is 15.1. The number of likely N-dealkylation sites (tertiary alicyclic amines) is 1. The van der Waals surface area contributed by atoms with Crippen LogP contribution in [0.15, 0.2) is 4.99 Å². The van der Waals surface area contributed by atoms with Gasteiger partial charge in [0.2, 0.25) is 11.8 Å². The summed E-state index contributed by atoms with van der Waals surface area (Å²) in [7, 11) is 5.14. The number of hydrogen-bond donors (Lipinski definition) is 2. The SMILES string of the molecule is CNC(=O)CC1CCN(C(=NCC(=O)N(C)C)NC(C)C)CC1. The van der Waals surface area contributed by atoms with Crippen molar-refractivity contribution in [1.82, 2.24) is 20.4 Å². The van der Waals surface area contributed by atoms with Crippen molar-refractivity contribution in [1.29, 1.82) is 0 Å². The fraction of sp³-hybridized carbons (Fsp3) is 0.812. The summed E-state index contributed by atoms with van der Waals surface area (Å²) in [5.74, 6) is 1.31. The second-order valence-electron chi connectivity index (χ2n) is 6.53. The number of nitrogens with one attached hydrogen (secondary N) is 2. The molecule has 7 nitrogen and oxygen atoms in total. The lowest BCUT2D eigenvalue weighted by Crippen LogP contribution is -2.48. The number of aliphatic imine (C=N–C) groups is 1. The first-order valence-electron chi connectivity index (χ1n) is 8.30. The van der Waals surface area contributed by atoms with E-state index in [9.17, 15) is 9.59 Å². The topological polar surface area (TPSA) is 77.0 Å². The summed E-state index contributed by atoms with van der Waals surface area (Å²) >= 11 is 0. The van der Waals surface area contributed by atoms with Crippen molar-refractivity contribution in [3.8, 4) is 0 Å². The molecule has 0 saturated carbocycles. The van der Waals surface area contributed by atoms with Gasteiger partial charge in [-0.25, -0.2) is 4.99 Å². The summed E-state index contributed by atoms with van der Waals surface area (Å²) in [6.45, 7) is 5.98. The van der Waals surface area contributed by atoms with Crippen LogP contribution in [0, 0.1) is 5.92 Å². The molecule has 0 aromatic heterocycles. The van der Waals surface area contributed by atoms with Crippen LogP contribution in [0.1, 0.15) is 33.1 Å².